The summed E-state index contributed by atoms with van der Waals surface area (Å²) >= 11 is 0. The van der Waals surface area contributed by atoms with Gasteiger partial charge in [0.2, 0.25) is 0 Å². The number of benzene rings is 2. The van der Waals surface area contributed by atoms with Crippen LogP contribution in [0, 0.1) is 5.92 Å². The molecule has 23 heavy (non-hydrogen) atoms. The van der Waals surface area contributed by atoms with Crippen molar-refractivity contribution < 1.29 is 0 Å². The van der Waals surface area contributed by atoms with Crippen LogP contribution in [0.4, 0.5) is 0 Å². The van der Waals surface area contributed by atoms with Gasteiger partial charge >= 0.3 is 0 Å². The predicted molar refractivity (Wildman–Crippen MR) is 98.5 cm³/mol. The molecule has 0 saturated heterocycles. The number of fused-ring (bicyclic) bond motifs is 3. The maximum atomic E-state index is 4.24. The summed E-state index contributed by atoms with van der Waals surface area (Å²) in [6, 6.07) is 17.7. The summed E-state index contributed by atoms with van der Waals surface area (Å²) in [5.74, 6) is 0.615. The Morgan fingerprint density at radius 3 is 2.00 bits per heavy atom. The number of hydrogen-bond donors (Lipinski definition) is 0. The molecule has 0 amide bonds. The van der Waals surface area contributed by atoms with Gasteiger partial charge in [-0.3, -0.25) is 0 Å². The van der Waals surface area contributed by atoms with Crippen LogP contribution in [0.15, 0.2) is 85.5 Å². The van der Waals surface area contributed by atoms with Gasteiger partial charge in [0.05, 0.1) is 0 Å². The molecule has 0 aliphatic heterocycles. The van der Waals surface area contributed by atoms with E-state index in [0.29, 0.717) is 5.92 Å². The number of allylic oxidation sites excluding steroid dienone is 5. The van der Waals surface area contributed by atoms with Crippen LogP contribution < -0.4 is 0 Å². The maximum absolute atomic E-state index is 4.24. The summed E-state index contributed by atoms with van der Waals surface area (Å²) in [5.41, 5.74) is 5.58. The van der Waals surface area contributed by atoms with Crippen LogP contribution in [0.2, 0.25) is 0 Å². The van der Waals surface area contributed by atoms with Crippen LogP contribution in [-0.2, 0) is 5.41 Å². The third-order valence-electron chi connectivity index (χ3n) is 5.39. The van der Waals surface area contributed by atoms with Crippen LogP contribution in [-0.4, -0.2) is 0 Å². The first kappa shape index (κ1) is 14.3. The molecule has 0 saturated carbocycles. The van der Waals surface area contributed by atoms with E-state index in [4.69, 9.17) is 0 Å². The standard InChI is InChI=1S/C23H22/c1-2-23(17-9-12-18-10-3-4-11-18)21-15-7-5-13-19(21)20-14-6-8-16-22(20)23/h2-8,10-11,13-16,18H,1,9,12,17H2. The second-order valence-corrected chi connectivity index (χ2v) is 6.59. The Labute approximate surface area is 138 Å². The van der Waals surface area contributed by atoms with E-state index in [0.717, 1.165) is 6.42 Å². The fourth-order valence-corrected chi connectivity index (χ4v) is 4.24. The van der Waals surface area contributed by atoms with Crippen LogP contribution in [0.25, 0.3) is 11.1 Å². The molecule has 2 aliphatic rings. The Morgan fingerprint density at radius 2 is 1.43 bits per heavy atom. The molecule has 0 fully saturated rings. The molecular formula is C23H22. The molecule has 2 aromatic carbocycles. The summed E-state index contributed by atoms with van der Waals surface area (Å²) in [6.45, 7) is 4.24. The van der Waals surface area contributed by atoms with Gasteiger partial charge in [-0.25, -0.2) is 0 Å². The van der Waals surface area contributed by atoms with Gasteiger partial charge in [-0.1, -0.05) is 85.3 Å². The highest BCUT2D eigenvalue weighted by molar-refractivity contribution is 5.82. The van der Waals surface area contributed by atoms with Crippen molar-refractivity contribution in [3.05, 3.63) is 96.6 Å². The average Bonchev–Trinajstić information content (AvgIpc) is 3.21. The first-order valence-corrected chi connectivity index (χ1v) is 8.53. The Bertz CT molecular complexity index is 734. The monoisotopic (exact) mass is 298 g/mol. The van der Waals surface area contributed by atoms with E-state index in [1.807, 2.05) is 0 Å². The number of hydrogen-bond acceptors (Lipinski definition) is 0. The highest BCUT2D eigenvalue weighted by atomic mass is 14.4. The van der Waals surface area contributed by atoms with E-state index in [1.165, 1.54) is 35.1 Å². The highest BCUT2D eigenvalue weighted by Gasteiger charge is 2.39. The van der Waals surface area contributed by atoms with Gasteiger partial charge in [-0.15, -0.1) is 6.58 Å². The predicted octanol–water partition coefficient (Wildman–Crippen LogP) is 6.05. The van der Waals surface area contributed by atoms with E-state index in [-0.39, 0.29) is 5.41 Å². The third-order valence-corrected chi connectivity index (χ3v) is 5.39. The molecule has 0 bridgehead atoms. The number of rotatable bonds is 5. The van der Waals surface area contributed by atoms with Crippen molar-refractivity contribution in [3.8, 4) is 11.1 Å². The molecule has 114 valence electrons. The molecule has 2 aliphatic carbocycles. The van der Waals surface area contributed by atoms with Crippen molar-refractivity contribution in [3.63, 3.8) is 0 Å². The van der Waals surface area contributed by atoms with Crippen molar-refractivity contribution in [2.45, 2.75) is 24.7 Å². The Hall–Kier alpha value is -2.34. The largest absolute Gasteiger partial charge is 0.102 e. The first-order valence-electron chi connectivity index (χ1n) is 8.53. The van der Waals surface area contributed by atoms with Crippen molar-refractivity contribution in [1.82, 2.24) is 0 Å². The van der Waals surface area contributed by atoms with Crippen LogP contribution in [0.5, 0.6) is 0 Å². The van der Waals surface area contributed by atoms with Crippen LogP contribution in [0.3, 0.4) is 0 Å². The summed E-state index contributed by atoms with van der Waals surface area (Å²) in [4.78, 5) is 0. The lowest BCUT2D eigenvalue weighted by Crippen LogP contribution is -2.22. The second-order valence-electron chi connectivity index (χ2n) is 6.59. The van der Waals surface area contributed by atoms with Gasteiger partial charge in [0, 0.05) is 5.41 Å². The van der Waals surface area contributed by atoms with E-state index in [2.05, 4.69) is 85.5 Å². The minimum atomic E-state index is -0.0286. The minimum Gasteiger partial charge on any atom is -0.102 e. The fraction of sp³-hybridized carbons (Fsp3) is 0.217. The topological polar surface area (TPSA) is 0 Å². The van der Waals surface area contributed by atoms with Gasteiger partial charge in [0.1, 0.15) is 0 Å². The van der Waals surface area contributed by atoms with Gasteiger partial charge < -0.3 is 0 Å². The Morgan fingerprint density at radius 1 is 0.870 bits per heavy atom. The summed E-state index contributed by atoms with van der Waals surface area (Å²) < 4.78 is 0. The average molecular weight is 298 g/mol. The summed E-state index contributed by atoms with van der Waals surface area (Å²) in [6.07, 6.45) is 14.7. The lowest BCUT2D eigenvalue weighted by molar-refractivity contribution is 0.523. The molecule has 0 heteroatoms. The van der Waals surface area contributed by atoms with E-state index >= 15 is 0 Å². The molecule has 0 N–H and O–H groups in total. The third kappa shape index (κ3) is 2.21. The van der Waals surface area contributed by atoms with Gasteiger partial charge in [0.25, 0.3) is 0 Å². The van der Waals surface area contributed by atoms with Crippen LogP contribution in [0.1, 0.15) is 30.4 Å². The van der Waals surface area contributed by atoms with Crippen molar-refractivity contribution in [1.29, 1.82) is 0 Å². The van der Waals surface area contributed by atoms with Gasteiger partial charge in [0.15, 0.2) is 0 Å². The summed E-state index contributed by atoms with van der Waals surface area (Å²) in [5, 5.41) is 0. The van der Waals surface area contributed by atoms with Crippen molar-refractivity contribution in [2.24, 2.45) is 5.92 Å². The normalized spacial score (nSPS) is 17.2. The Kier molecular flexibility index (Phi) is 3.53. The molecule has 2 aromatic rings. The first-order chi connectivity index (χ1) is 11.3. The molecule has 0 spiro atoms. The van der Waals surface area contributed by atoms with Crippen molar-refractivity contribution in [2.75, 3.05) is 0 Å². The highest BCUT2D eigenvalue weighted by Crippen LogP contribution is 2.52. The maximum Gasteiger partial charge on any atom is 0.0391 e. The lowest BCUT2D eigenvalue weighted by atomic mass is 9.74. The second kappa shape index (κ2) is 5.70. The summed E-state index contributed by atoms with van der Waals surface area (Å²) in [7, 11) is 0. The lowest BCUT2D eigenvalue weighted by Gasteiger charge is -2.29. The molecule has 0 heterocycles. The molecule has 0 nitrogen and oxygen atoms in total. The van der Waals surface area contributed by atoms with Crippen LogP contribution >= 0.6 is 0 Å². The minimum absolute atomic E-state index is 0.0286. The zero-order chi connectivity index (χ0) is 15.7. The quantitative estimate of drug-likeness (QED) is 0.589. The SMILES string of the molecule is C=CC1(CCCC2C=CC=C2)c2ccccc2-c2ccccc21. The zero-order valence-corrected chi connectivity index (χ0v) is 13.4. The molecule has 0 radical (unpaired) electrons. The van der Waals surface area contributed by atoms with Crippen molar-refractivity contribution >= 4 is 0 Å². The molecule has 0 aromatic heterocycles. The van der Waals surface area contributed by atoms with Gasteiger partial charge in [-0.2, -0.15) is 0 Å². The Balaban J connectivity index is 1.70. The smallest absolute Gasteiger partial charge is 0.0391 e. The molecule has 0 atom stereocenters. The zero-order valence-electron chi connectivity index (χ0n) is 13.4. The molecule has 4 rings (SSSR count). The van der Waals surface area contributed by atoms with E-state index in [9.17, 15) is 0 Å². The van der Waals surface area contributed by atoms with Gasteiger partial charge in [-0.05, 0) is 41.0 Å². The van der Waals surface area contributed by atoms with E-state index in [1.54, 1.807) is 0 Å². The molecular weight excluding hydrogens is 276 g/mol. The van der Waals surface area contributed by atoms with E-state index < -0.39 is 0 Å². The molecule has 0 unspecified atom stereocenters. The fourth-order valence-electron chi connectivity index (χ4n) is 4.24.